The second-order valence-corrected chi connectivity index (χ2v) is 6.82. The molecule has 5 nitrogen and oxygen atoms in total. The molecule has 0 saturated heterocycles. The van der Waals surface area contributed by atoms with E-state index in [2.05, 4.69) is 15.9 Å². The van der Waals surface area contributed by atoms with Crippen molar-refractivity contribution in [1.29, 1.82) is 0 Å². The Balaban J connectivity index is 1.80. The van der Waals surface area contributed by atoms with Crippen molar-refractivity contribution in [2.75, 3.05) is 6.61 Å². The van der Waals surface area contributed by atoms with E-state index in [4.69, 9.17) is 9.15 Å². The molecule has 0 aliphatic rings. The van der Waals surface area contributed by atoms with E-state index < -0.39 is 11.4 Å². The van der Waals surface area contributed by atoms with Gasteiger partial charge in [0, 0.05) is 11.0 Å². The number of ether oxygens (including phenoxy) is 1. The van der Waals surface area contributed by atoms with E-state index in [1.54, 1.807) is 6.07 Å². The molecular formula is C19H18BrNO4. The minimum atomic E-state index is -0.655. The van der Waals surface area contributed by atoms with Crippen LogP contribution in [0.2, 0.25) is 0 Å². The van der Waals surface area contributed by atoms with Crippen molar-refractivity contribution in [3.8, 4) is 5.75 Å². The second-order valence-electron chi connectivity index (χ2n) is 5.97. The summed E-state index contributed by atoms with van der Waals surface area (Å²) in [6.45, 7) is 4.75. The summed E-state index contributed by atoms with van der Waals surface area (Å²) < 4.78 is 12.7. The summed E-state index contributed by atoms with van der Waals surface area (Å²) in [6, 6.07) is 11.4. The highest BCUT2D eigenvalue weighted by Gasteiger charge is 2.13. The number of fused-ring (bicyclic) bond motifs is 1. The summed E-state index contributed by atoms with van der Waals surface area (Å²) in [7, 11) is 0. The zero-order valence-electron chi connectivity index (χ0n) is 14.0. The number of hydrogen-bond donors (Lipinski definition) is 0. The Morgan fingerprint density at radius 2 is 1.80 bits per heavy atom. The third-order valence-corrected chi connectivity index (χ3v) is 4.52. The number of benzene rings is 2. The van der Waals surface area contributed by atoms with Gasteiger partial charge in [0.05, 0.1) is 17.5 Å². The van der Waals surface area contributed by atoms with Crippen molar-refractivity contribution < 1.29 is 9.15 Å². The first-order valence-electron chi connectivity index (χ1n) is 7.99. The highest BCUT2D eigenvalue weighted by atomic mass is 79.9. The summed E-state index contributed by atoms with van der Waals surface area (Å²) in [4.78, 5) is 24.1. The number of nitrogens with zero attached hydrogens (tertiary/aromatic N) is 1. The third-order valence-electron chi connectivity index (χ3n) is 3.91. The lowest BCUT2D eigenvalue weighted by atomic mass is 10.2. The van der Waals surface area contributed by atoms with Gasteiger partial charge in [-0.2, -0.15) is 0 Å². The van der Waals surface area contributed by atoms with Gasteiger partial charge in [-0.05, 0) is 66.0 Å². The second kappa shape index (κ2) is 7.27. The molecule has 130 valence electrons. The van der Waals surface area contributed by atoms with Crippen LogP contribution in [-0.2, 0) is 6.54 Å². The fourth-order valence-electron chi connectivity index (χ4n) is 2.70. The quantitative estimate of drug-likeness (QED) is 0.607. The first-order chi connectivity index (χ1) is 12.0. The zero-order valence-corrected chi connectivity index (χ0v) is 15.6. The van der Waals surface area contributed by atoms with Gasteiger partial charge in [0.15, 0.2) is 0 Å². The maximum atomic E-state index is 12.1. The fraction of sp³-hybridized carbons (Fsp3) is 0.263. The number of aryl methyl sites for hydroxylation is 3. The maximum absolute atomic E-state index is 12.1. The van der Waals surface area contributed by atoms with Gasteiger partial charge >= 0.3 is 11.4 Å². The predicted octanol–water partition coefficient (Wildman–Crippen LogP) is 3.80. The van der Waals surface area contributed by atoms with E-state index in [-0.39, 0.29) is 0 Å². The lowest BCUT2D eigenvalue weighted by Gasteiger charge is -2.11. The average molecular weight is 404 g/mol. The average Bonchev–Trinajstić information content (AvgIpc) is 2.56. The zero-order chi connectivity index (χ0) is 18.0. The monoisotopic (exact) mass is 403 g/mol. The molecule has 0 bridgehead atoms. The Kier molecular flexibility index (Phi) is 5.08. The van der Waals surface area contributed by atoms with Crippen molar-refractivity contribution in [1.82, 2.24) is 4.57 Å². The van der Waals surface area contributed by atoms with E-state index in [0.29, 0.717) is 34.9 Å². The van der Waals surface area contributed by atoms with Gasteiger partial charge in [0.1, 0.15) is 5.75 Å². The molecule has 3 rings (SSSR count). The van der Waals surface area contributed by atoms with Crippen LogP contribution in [0.5, 0.6) is 5.75 Å². The lowest BCUT2D eigenvalue weighted by Crippen LogP contribution is -2.26. The number of hydrogen-bond acceptors (Lipinski definition) is 4. The van der Waals surface area contributed by atoms with Crippen LogP contribution in [0.25, 0.3) is 10.9 Å². The molecule has 0 aliphatic carbocycles. The number of rotatable bonds is 5. The van der Waals surface area contributed by atoms with Gasteiger partial charge in [-0.25, -0.2) is 9.59 Å². The highest BCUT2D eigenvalue weighted by molar-refractivity contribution is 9.10. The first-order valence-corrected chi connectivity index (χ1v) is 8.78. The Morgan fingerprint density at radius 1 is 1.08 bits per heavy atom. The van der Waals surface area contributed by atoms with Crippen LogP contribution < -0.4 is 16.1 Å². The van der Waals surface area contributed by atoms with Crippen LogP contribution in [-0.4, -0.2) is 11.2 Å². The predicted molar refractivity (Wildman–Crippen MR) is 100 cm³/mol. The molecule has 1 heterocycles. The van der Waals surface area contributed by atoms with Gasteiger partial charge in [-0.3, -0.25) is 4.57 Å². The molecular weight excluding hydrogens is 386 g/mol. The molecule has 0 fully saturated rings. The summed E-state index contributed by atoms with van der Waals surface area (Å²) in [5.41, 5.74) is 2.03. The Hall–Kier alpha value is -2.34. The molecule has 25 heavy (non-hydrogen) atoms. The molecule has 0 unspecified atom stereocenters. The highest BCUT2D eigenvalue weighted by Crippen LogP contribution is 2.23. The summed E-state index contributed by atoms with van der Waals surface area (Å²) in [5.74, 6) is 0.136. The molecule has 6 heteroatoms. The molecule has 0 N–H and O–H groups in total. The summed E-state index contributed by atoms with van der Waals surface area (Å²) in [6.07, 6.45) is 0.608. The smallest absolute Gasteiger partial charge is 0.422 e. The van der Waals surface area contributed by atoms with Crippen molar-refractivity contribution in [2.24, 2.45) is 0 Å². The molecule has 2 aromatic carbocycles. The van der Waals surface area contributed by atoms with Gasteiger partial charge in [-0.15, -0.1) is 0 Å². The van der Waals surface area contributed by atoms with Crippen LogP contribution in [0, 0.1) is 13.8 Å². The van der Waals surface area contributed by atoms with E-state index in [0.717, 1.165) is 11.3 Å². The van der Waals surface area contributed by atoms with Crippen molar-refractivity contribution in [2.45, 2.75) is 26.8 Å². The molecule has 0 aliphatic heterocycles. The summed E-state index contributed by atoms with van der Waals surface area (Å²) >= 11 is 3.45. The van der Waals surface area contributed by atoms with Crippen molar-refractivity contribution in [3.63, 3.8) is 0 Å². The minimum absolute atomic E-state index is 0.394. The maximum Gasteiger partial charge on any atom is 0.422 e. The molecule has 3 aromatic rings. The molecule has 0 spiro atoms. The standard InChI is InChI=1S/C19H18BrNO4/c1-12-4-6-14(7-5-12)24-9-3-8-21-17-15(18(22)25-19(21)23)10-13(2)11-16(17)20/h4-7,10-11H,3,8-9H2,1-2H3. The molecule has 0 radical (unpaired) electrons. The van der Waals surface area contributed by atoms with Gasteiger partial charge in [0.25, 0.3) is 0 Å². The van der Waals surface area contributed by atoms with Gasteiger partial charge in [-0.1, -0.05) is 17.7 Å². The third kappa shape index (κ3) is 3.85. The van der Waals surface area contributed by atoms with Crippen LogP contribution in [0.1, 0.15) is 17.5 Å². The minimum Gasteiger partial charge on any atom is -0.494 e. The van der Waals surface area contributed by atoms with Crippen LogP contribution in [0.15, 0.2) is 54.9 Å². The van der Waals surface area contributed by atoms with E-state index in [1.807, 2.05) is 44.2 Å². The number of aromatic nitrogens is 1. The molecule has 1 aromatic heterocycles. The molecule has 0 atom stereocenters. The lowest BCUT2D eigenvalue weighted by molar-refractivity contribution is 0.296. The first kappa shape index (κ1) is 17.5. The van der Waals surface area contributed by atoms with Crippen LogP contribution in [0.4, 0.5) is 0 Å². The summed E-state index contributed by atoms with van der Waals surface area (Å²) in [5, 5.41) is 0.394. The van der Waals surface area contributed by atoms with Gasteiger partial charge < -0.3 is 9.15 Å². The van der Waals surface area contributed by atoms with Gasteiger partial charge in [0.2, 0.25) is 0 Å². The van der Waals surface area contributed by atoms with E-state index >= 15 is 0 Å². The number of halogens is 1. The fourth-order valence-corrected chi connectivity index (χ4v) is 3.48. The topological polar surface area (TPSA) is 61.4 Å². The Bertz CT molecular complexity index is 1020. The normalized spacial score (nSPS) is 11.0. The van der Waals surface area contributed by atoms with E-state index in [1.165, 1.54) is 10.1 Å². The van der Waals surface area contributed by atoms with Crippen molar-refractivity contribution in [3.05, 3.63) is 73.0 Å². The SMILES string of the molecule is Cc1ccc(OCCCn2c(=O)oc(=O)c3cc(C)cc(Br)c32)cc1. The van der Waals surface area contributed by atoms with Crippen molar-refractivity contribution >= 4 is 26.8 Å². The largest absolute Gasteiger partial charge is 0.494 e. The Morgan fingerprint density at radius 3 is 2.52 bits per heavy atom. The van der Waals surface area contributed by atoms with Crippen LogP contribution in [0.3, 0.4) is 0 Å². The molecule has 0 saturated carbocycles. The molecule has 0 amide bonds. The van der Waals surface area contributed by atoms with E-state index in [9.17, 15) is 9.59 Å². The van der Waals surface area contributed by atoms with Crippen LogP contribution >= 0.6 is 15.9 Å². The Labute approximate surface area is 153 Å².